The largest absolute Gasteiger partial charge is 0.460 e. The summed E-state index contributed by atoms with van der Waals surface area (Å²) in [5.41, 5.74) is 2.62. The molecular weight excluding hydrogens is 316 g/mol. The summed E-state index contributed by atoms with van der Waals surface area (Å²) in [5, 5.41) is 11.6. The summed E-state index contributed by atoms with van der Waals surface area (Å²) >= 11 is 0. The molecule has 0 spiro atoms. The van der Waals surface area contributed by atoms with E-state index in [2.05, 4.69) is 21.7 Å². The Hall–Kier alpha value is -1.95. The van der Waals surface area contributed by atoms with Crippen LogP contribution in [-0.2, 0) is 23.1 Å². The van der Waals surface area contributed by atoms with E-state index >= 15 is 0 Å². The average Bonchev–Trinajstić information content (AvgIpc) is 2.83. The first-order chi connectivity index (χ1) is 11.8. The zero-order valence-corrected chi connectivity index (χ0v) is 15.6. The molecule has 0 saturated heterocycles. The van der Waals surface area contributed by atoms with Crippen LogP contribution in [0.4, 0.5) is 0 Å². The fraction of sp³-hybridized carbons (Fsp3) is 0.632. The zero-order chi connectivity index (χ0) is 18.0. The van der Waals surface area contributed by atoms with E-state index in [4.69, 9.17) is 4.74 Å². The van der Waals surface area contributed by atoms with Crippen LogP contribution in [0.3, 0.4) is 0 Å². The molecule has 3 rings (SSSR count). The van der Waals surface area contributed by atoms with E-state index in [0.717, 1.165) is 29.4 Å². The number of ether oxygens (including phenoxy) is 1. The number of esters is 1. The average molecular weight is 344 g/mol. The van der Waals surface area contributed by atoms with Gasteiger partial charge in [0, 0.05) is 20.1 Å². The smallest absolute Gasteiger partial charge is 0.311 e. The van der Waals surface area contributed by atoms with Crippen molar-refractivity contribution in [3.63, 3.8) is 0 Å². The van der Waals surface area contributed by atoms with Crippen molar-refractivity contribution in [3.05, 3.63) is 23.8 Å². The molecule has 0 aliphatic heterocycles. The van der Waals surface area contributed by atoms with Crippen LogP contribution in [-0.4, -0.2) is 33.1 Å². The predicted molar refractivity (Wildman–Crippen MR) is 96.9 cm³/mol. The number of aromatic nitrogens is 3. The van der Waals surface area contributed by atoms with Crippen molar-refractivity contribution in [1.82, 2.24) is 20.3 Å². The number of rotatable bonds is 6. The van der Waals surface area contributed by atoms with E-state index in [0.29, 0.717) is 19.0 Å². The van der Waals surface area contributed by atoms with Crippen LogP contribution >= 0.6 is 0 Å². The number of benzene rings is 1. The number of fused-ring (bicyclic) bond motifs is 1. The lowest BCUT2D eigenvalue weighted by atomic mass is 9.75. The second-order valence-electron chi connectivity index (χ2n) is 8.00. The first kappa shape index (κ1) is 17.9. The molecule has 1 atom stereocenters. The van der Waals surface area contributed by atoms with Crippen molar-refractivity contribution in [2.45, 2.75) is 52.2 Å². The first-order valence-corrected chi connectivity index (χ1v) is 9.05. The maximum atomic E-state index is 12.5. The Labute approximate surface area is 148 Å². The predicted octanol–water partition coefficient (Wildman–Crippen LogP) is 2.82. The van der Waals surface area contributed by atoms with Gasteiger partial charge in [0.25, 0.3) is 0 Å². The van der Waals surface area contributed by atoms with Gasteiger partial charge in [-0.25, -0.2) is 4.68 Å². The lowest BCUT2D eigenvalue weighted by molar-refractivity contribution is -0.163. The highest BCUT2D eigenvalue weighted by molar-refractivity contribution is 5.75. The Kier molecular flexibility index (Phi) is 5.08. The highest BCUT2D eigenvalue weighted by atomic mass is 16.6. The highest BCUT2D eigenvalue weighted by Crippen LogP contribution is 2.34. The quantitative estimate of drug-likeness (QED) is 0.816. The minimum Gasteiger partial charge on any atom is -0.460 e. The van der Waals surface area contributed by atoms with Crippen molar-refractivity contribution >= 4 is 17.0 Å². The monoisotopic (exact) mass is 344 g/mol. The van der Waals surface area contributed by atoms with Crippen LogP contribution in [0.25, 0.3) is 11.0 Å². The van der Waals surface area contributed by atoms with Crippen LogP contribution in [0.15, 0.2) is 18.2 Å². The molecule has 136 valence electrons. The van der Waals surface area contributed by atoms with E-state index in [9.17, 15) is 4.79 Å². The molecule has 1 fully saturated rings. The maximum Gasteiger partial charge on any atom is 0.311 e. The van der Waals surface area contributed by atoms with Crippen molar-refractivity contribution in [1.29, 1.82) is 0 Å². The number of hydrogen-bond acceptors (Lipinski definition) is 5. The Balaban J connectivity index is 1.59. The number of aryl methyl sites for hydroxylation is 1. The maximum absolute atomic E-state index is 12.5. The molecular formula is C19H28N4O2. The second kappa shape index (κ2) is 7.12. The van der Waals surface area contributed by atoms with Gasteiger partial charge in [0.1, 0.15) is 11.1 Å². The second-order valence-corrected chi connectivity index (χ2v) is 8.00. The van der Waals surface area contributed by atoms with Gasteiger partial charge in [-0.3, -0.25) is 4.79 Å². The molecule has 6 heteroatoms. The fourth-order valence-corrected chi connectivity index (χ4v) is 3.23. The molecule has 25 heavy (non-hydrogen) atoms. The topological polar surface area (TPSA) is 69.0 Å². The van der Waals surface area contributed by atoms with Crippen LogP contribution in [0, 0.1) is 11.8 Å². The Morgan fingerprint density at radius 2 is 2.16 bits per heavy atom. The molecule has 1 heterocycles. The third-order valence-electron chi connectivity index (χ3n) is 4.80. The summed E-state index contributed by atoms with van der Waals surface area (Å²) in [6.07, 6.45) is 3.46. The van der Waals surface area contributed by atoms with Gasteiger partial charge in [-0.2, -0.15) is 0 Å². The summed E-state index contributed by atoms with van der Waals surface area (Å²) < 4.78 is 7.39. The van der Waals surface area contributed by atoms with Crippen molar-refractivity contribution in [2.75, 3.05) is 6.54 Å². The summed E-state index contributed by atoms with van der Waals surface area (Å²) in [7, 11) is 1.89. The molecule has 6 nitrogen and oxygen atoms in total. The van der Waals surface area contributed by atoms with Gasteiger partial charge < -0.3 is 10.1 Å². The third kappa shape index (κ3) is 4.37. The number of hydrogen-bond donors (Lipinski definition) is 1. The minimum atomic E-state index is -0.434. The summed E-state index contributed by atoms with van der Waals surface area (Å²) in [6.45, 7) is 7.13. The summed E-state index contributed by atoms with van der Waals surface area (Å²) in [6, 6.07) is 6.15. The normalized spacial score (nSPS) is 16.6. The van der Waals surface area contributed by atoms with E-state index in [1.807, 2.05) is 40.0 Å². The van der Waals surface area contributed by atoms with Gasteiger partial charge in [0.05, 0.1) is 11.4 Å². The minimum absolute atomic E-state index is 0.0618. The van der Waals surface area contributed by atoms with E-state index in [1.165, 1.54) is 6.42 Å². The number of carbonyl (C=O) groups is 1. The van der Waals surface area contributed by atoms with Crippen molar-refractivity contribution in [3.8, 4) is 0 Å². The van der Waals surface area contributed by atoms with Crippen molar-refractivity contribution < 1.29 is 9.53 Å². The van der Waals surface area contributed by atoms with Gasteiger partial charge in [-0.1, -0.05) is 17.7 Å². The standard InChI is InChI=1S/C19H28N4O2/c1-19(2,3)25-18(24)15(14-6-5-7-14)12-20-11-13-8-9-17-16(10-13)21-22-23(17)4/h8-10,14-15,20H,5-7,11-12H2,1-4H3. The molecule has 1 aromatic carbocycles. The van der Waals surface area contributed by atoms with Gasteiger partial charge >= 0.3 is 5.97 Å². The highest BCUT2D eigenvalue weighted by Gasteiger charge is 2.35. The third-order valence-corrected chi connectivity index (χ3v) is 4.80. The molecule has 1 aliphatic rings. The molecule has 1 saturated carbocycles. The molecule has 1 aromatic heterocycles. The van der Waals surface area contributed by atoms with Crippen molar-refractivity contribution in [2.24, 2.45) is 18.9 Å². The van der Waals surface area contributed by atoms with E-state index < -0.39 is 5.60 Å². The molecule has 1 aliphatic carbocycles. The van der Waals surface area contributed by atoms with Gasteiger partial charge in [-0.05, 0) is 57.2 Å². The number of carbonyl (C=O) groups excluding carboxylic acids is 1. The number of nitrogens with one attached hydrogen (secondary N) is 1. The SMILES string of the molecule is Cn1nnc2cc(CNCC(C(=O)OC(C)(C)C)C3CCC3)ccc21. The molecule has 0 radical (unpaired) electrons. The van der Waals surface area contributed by atoms with Crippen LogP contribution < -0.4 is 5.32 Å². The zero-order valence-electron chi connectivity index (χ0n) is 15.6. The molecule has 0 amide bonds. The first-order valence-electron chi connectivity index (χ1n) is 9.05. The lowest BCUT2D eigenvalue weighted by Gasteiger charge is -2.34. The van der Waals surface area contributed by atoms with E-state index in [-0.39, 0.29) is 11.9 Å². The van der Waals surface area contributed by atoms with Gasteiger partial charge in [0.2, 0.25) is 0 Å². The Morgan fingerprint density at radius 3 is 2.80 bits per heavy atom. The molecule has 0 bridgehead atoms. The Morgan fingerprint density at radius 1 is 1.40 bits per heavy atom. The van der Waals surface area contributed by atoms with Crippen LogP contribution in [0.5, 0.6) is 0 Å². The fourth-order valence-electron chi connectivity index (χ4n) is 3.23. The van der Waals surface area contributed by atoms with Crippen LogP contribution in [0.1, 0.15) is 45.6 Å². The van der Waals surface area contributed by atoms with Crippen LogP contribution in [0.2, 0.25) is 0 Å². The summed E-state index contributed by atoms with van der Waals surface area (Å²) in [4.78, 5) is 12.5. The molecule has 2 aromatic rings. The van der Waals surface area contributed by atoms with E-state index in [1.54, 1.807) is 4.68 Å². The molecule has 1 N–H and O–H groups in total. The van der Waals surface area contributed by atoms with Gasteiger partial charge in [-0.15, -0.1) is 5.10 Å². The molecule has 1 unspecified atom stereocenters. The Bertz CT molecular complexity index is 743. The summed E-state index contributed by atoms with van der Waals surface area (Å²) in [5.74, 6) is 0.312. The van der Waals surface area contributed by atoms with Gasteiger partial charge in [0.15, 0.2) is 0 Å². The number of nitrogens with zero attached hydrogens (tertiary/aromatic N) is 3. The lowest BCUT2D eigenvalue weighted by Crippen LogP contribution is -2.40.